The van der Waals surface area contributed by atoms with Crippen LogP contribution in [-0.4, -0.2) is 37.2 Å². The Kier molecular flexibility index (Phi) is 42.4. The minimum Gasteiger partial charge on any atom is -0.462 e. The van der Waals surface area contributed by atoms with Crippen molar-refractivity contribution in [1.29, 1.82) is 0 Å². The van der Waals surface area contributed by atoms with Gasteiger partial charge in [0.25, 0.3) is 0 Å². The molecule has 0 saturated heterocycles. The molecule has 0 amide bonds. The van der Waals surface area contributed by atoms with Gasteiger partial charge in [-0.15, -0.1) is 0 Å². The maximum atomic E-state index is 12.7. The first kappa shape index (κ1) is 52.2. The van der Waals surface area contributed by atoms with Crippen LogP contribution in [-0.2, 0) is 28.6 Å². The minimum absolute atomic E-state index is 0.0692. The molecule has 0 heterocycles. The van der Waals surface area contributed by atoms with Gasteiger partial charge in [0, 0.05) is 19.3 Å². The average molecular weight is 763 g/mol. The molecule has 0 aliphatic rings. The molecular weight excluding hydrogens is 673 g/mol. The van der Waals surface area contributed by atoms with Crippen molar-refractivity contribution in [3.05, 3.63) is 12.2 Å². The van der Waals surface area contributed by atoms with Gasteiger partial charge in [0.05, 0.1) is 0 Å². The van der Waals surface area contributed by atoms with E-state index in [1.54, 1.807) is 0 Å². The number of carbonyl (C=O) groups is 3. The van der Waals surface area contributed by atoms with Crippen LogP contribution >= 0.6 is 0 Å². The molecule has 0 aromatic carbocycles. The minimum atomic E-state index is -0.765. The maximum absolute atomic E-state index is 12.7. The maximum Gasteiger partial charge on any atom is 0.306 e. The topological polar surface area (TPSA) is 78.9 Å². The molecule has 1 unspecified atom stereocenters. The number of hydrogen-bond acceptors (Lipinski definition) is 6. The first-order valence-corrected chi connectivity index (χ1v) is 23.7. The van der Waals surface area contributed by atoms with E-state index in [9.17, 15) is 14.4 Å². The highest BCUT2D eigenvalue weighted by Crippen LogP contribution is 2.16. The second kappa shape index (κ2) is 43.9. The van der Waals surface area contributed by atoms with E-state index in [0.29, 0.717) is 19.3 Å². The molecule has 0 spiro atoms. The normalized spacial score (nSPS) is 12.0. The molecule has 0 aliphatic heterocycles. The fourth-order valence-corrected chi connectivity index (χ4v) is 6.91. The van der Waals surface area contributed by atoms with Crippen molar-refractivity contribution < 1.29 is 28.6 Å². The zero-order chi connectivity index (χ0) is 39.4. The third-order valence-corrected chi connectivity index (χ3v) is 10.5. The Labute approximate surface area is 335 Å². The molecule has 0 N–H and O–H groups in total. The molecule has 0 rings (SSSR count). The Hall–Kier alpha value is -1.85. The first-order chi connectivity index (χ1) is 26.5. The summed E-state index contributed by atoms with van der Waals surface area (Å²) in [6, 6.07) is 0. The zero-order valence-electron chi connectivity index (χ0n) is 36.3. The van der Waals surface area contributed by atoms with E-state index in [4.69, 9.17) is 14.2 Å². The summed E-state index contributed by atoms with van der Waals surface area (Å²) >= 11 is 0. The highest BCUT2D eigenvalue weighted by Gasteiger charge is 2.19. The molecule has 1 atom stereocenters. The van der Waals surface area contributed by atoms with E-state index in [1.165, 1.54) is 154 Å². The van der Waals surface area contributed by atoms with Gasteiger partial charge >= 0.3 is 17.9 Å². The highest BCUT2D eigenvalue weighted by molar-refractivity contribution is 5.71. The number of esters is 3. The number of rotatable bonds is 43. The standard InChI is InChI=1S/C48H90O6/c1-4-7-10-13-16-18-20-22-23-24-25-26-28-29-32-35-38-41-47(50)53-44-45(43-52-46(49)40-37-34-31-15-12-9-6-3)54-48(51)42-39-36-33-30-27-21-19-17-14-11-8-5-2/h17,19,45H,4-16,18,20-44H2,1-3H3/b19-17-. The fourth-order valence-electron chi connectivity index (χ4n) is 6.91. The quantitative estimate of drug-likeness (QED) is 0.0266. The van der Waals surface area contributed by atoms with Gasteiger partial charge in [0.15, 0.2) is 6.10 Å². The lowest BCUT2D eigenvalue weighted by molar-refractivity contribution is -0.167. The smallest absolute Gasteiger partial charge is 0.306 e. The Morgan fingerprint density at radius 1 is 0.352 bits per heavy atom. The van der Waals surface area contributed by atoms with Crippen LogP contribution in [0.4, 0.5) is 0 Å². The second-order valence-corrected chi connectivity index (χ2v) is 16.0. The monoisotopic (exact) mass is 763 g/mol. The lowest BCUT2D eigenvalue weighted by Gasteiger charge is -2.18. The van der Waals surface area contributed by atoms with E-state index in [1.807, 2.05) is 0 Å². The number of carbonyl (C=O) groups excluding carboxylic acids is 3. The van der Waals surface area contributed by atoms with Crippen LogP contribution in [0.5, 0.6) is 0 Å². The van der Waals surface area contributed by atoms with Crippen molar-refractivity contribution in [2.75, 3.05) is 13.2 Å². The molecular formula is C48H90O6. The van der Waals surface area contributed by atoms with Gasteiger partial charge < -0.3 is 14.2 Å². The van der Waals surface area contributed by atoms with Gasteiger partial charge in [-0.05, 0) is 44.9 Å². The average Bonchev–Trinajstić information content (AvgIpc) is 3.17. The predicted molar refractivity (Wildman–Crippen MR) is 229 cm³/mol. The fraction of sp³-hybridized carbons (Fsp3) is 0.896. The first-order valence-electron chi connectivity index (χ1n) is 23.7. The van der Waals surface area contributed by atoms with Gasteiger partial charge in [0.1, 0.15) is 13.2 Å². The number of hydrogen-bond donors (Lipinski definition) is 0. The van der Waals surface area contributed by atoms with Crippen LogP contribution in [0, 0.1) is 0 Å². The Morgan fingerprint density at radius 2 is 0.611 bits per heavy atom. The molecule has 0 radical (unpaired) electrons. The van der Waals surface area contributed by atoms with Gasteiger partial charge in [-0.1, -0.05) is 206 Å². The van der Waals surface area contributed by atoms with E-state index in [0.717, 1.165) is 64.2 Å². The van der Waals surface area contributed by atoms with Crippen LogP contribution in [0.1, 0.15) is 258 Å². The molecule has 0 fully saturated rings. The molecule has 0 aromatic heterocycles. The summed E-state index contributed by atoms with van der Waals surface area (Å²) in [6.45, 7) is 6.58. The van der Waals surface area contributed by atoms with Crippen LogP contribution in [0.25, 0.3) is 0 Å². The van der Waals surface area contributed by atoms with Crippen LogP contribution in [0.2, 0.25) is 0 Å². The molecule has 318 valence electrons. The summed E-state index contributed by atoms with van der Waals surface area (Å²) in [7, 11) is 0. The van der Waals surface area contributed by atoms with Crippen molar-refractivity contribution in [3.63, 3.8) is 0 Å². The summed E-state index contributed by atoms with van der Waals surface area (Å²) in [6.07, 6.45) is 46.3. The zero-order valence-corrected chi connectivity index (χ0v) is 36.3. The Bertz CT molecular complexity index is 839. The third-order valence-electron chi connectivity index (χ3n) is 10.5. The largest absolute Gasteiger partial charge is 0.462 e. The lowest BCUT2D eigenvalue weighted by Crippen LogP contribution is -2.30. The third kappa shape index (κ3) is 41.3. The summed E-state index contributed by atoms with van der Waals surface area (Å²) in [4.78, 5) is 37.6. The van der Waals surface area contributed by atoms with Crippen LogP contribution < -0.4 is 0 Å². The van der Waals surface area contributed by atoms with E-state index >= 15 is 0 Å². The number of ether oxygens (including phenoxy) is 3. The summed E-state index contributed by atoms with van der Waals surface area (Å²) < 4.78 is 16.7. The molecule has 0 aliphatic carbocycles. The molecule has 0 bridgehead atoms. The van der Waals surface area contributed by atoms with Crippen molar-refractivity contribution >= 4 is 17.9 Å². The molecule has 6 heteroatoms. The molecule has 0 aromatic rings. The number of unbranched alkanes of at least 4 members (excludes halogenated alkanes) is 30. The van der Waals surface area contributed by atoms with Crippen molar-refractivity contribution in [1.82, 2.24) is 0 Å². The summed E-state index contributed by atoms with van der Waals surface area (Å²) in [5, 5.41) is 0. The van der Waals surface area contributed by atoms with Gasteiger partial charge in [-0.3, -0.25) is 14.4 Å². The van der Waals surface area contributed by atoms with Gasteiger partial charge in [0.2, 0.25) is 0 Å². The highest BCUT2D eigenvalue weighted by atomic mass is 16.6. The molecule has 0 saturated carbocycles. The van der Waals surface area contributed by atoms with Crippen LogP contribution in [0.15, 0.2) is 12.2 Å². The molecule has 54 heavy (non-hydrogen) atoms. The van der Waals surface area contributed by atoms with Gasteiger partial charge in [-0.25, -0.2) is 0 Å². The predicted octanol–water partition coefficient (Wildman–Crippen LogP) is 15.0. The lowest BCUT2D eigenvalue weighted by atomic mass is 10.0. The van der Waals surface area contributed by atoms with Crippen LogP contribution in [0.3, 0.4) is 0 Å². The van der Waals surface area contributed by atoms with E-state index in [2.05, 4.69) is 32.9 Å². The molecule has 6 nitrogen and oxygen atoms in total. The van der Waals surface area contributed by atoms with E-state index in [-0.39, 0.29) is 31.1 Å². The van der Waals surface area contributed by atoms with Crippen molar-refractivity contribution in [3.8, 4) is 0 Å². The SMILES string of the molecule is CCCCC/C=C\CCCCCCCC(=O)OC(COC(=O)CCCCCCCCC)COC(=O)CCCCCCCCCCCCCCCCCCC. The Morgan fingerprint density at radius 3 is 0.963 bits per heavy atom. The Balaban J connectivity index is 4.22. The summed E-state index contributed by atoms with van der Waals surface area (Å²) in [5.41, 5.74) is 0. The van der Waals surface area contributed by atoms with Gasteiger partial charge in [-0.2, -0.15) is 0 Å². The summed E-state index contributed by atoms with van der Waals surface area (Å²) in [5.74, 6) is -0.875. The van der Waals surface area contributed by atoms with Crippen molar-refractivity contribution in [2.45, 2.75) is 264 Å². The van der Waals surface area contributed by atoms with E-state index < -0.39 is 6.10 Å². The second-order valence-electron chi connectivity index (χ2n) is 16.0. The van der Waals surface area contributed by atoms with Crippen molar-refractivity contribution in [2.24, 2.45) is 0 Å². The number of allylic oxidation sites excluding steroid dienone is 2.